The summed E-state index contributed by atoms with van der Waals surface area (Å²) in [6, 6.07) is 12.0. The Morgan fingerprint density at radius 1 is 1.00 bits per heavy atom. The number of para-hydroxylation sites is 2. The first-order valence-electron chi connectivity index (χ1n) is 7.12. The lowest BCUT2D eigenvalue weighted by Crippen LogP contribution is -2.47. The van der Waals surface area contributed by atoms with Gasteiger partial charge in [0.2, 0.25) is 0 Å². The van der Waals surface area contributed by atoms with Crippen LogP contribution in [0.3, 0.4) is 0 Å². The van der Waals surface area contributed by atoms with Crippen molar-refractivity contribution in [3.8, 4) is 5.75 Å². The SMILES string of the molecule is COc1ccc(N2CCN(c3ccccc3N)CC2)nc1. The standard InChI is InChI=1S/C16H20N4O/c1-21-13-6-7-16(18-12-13)20-10-8-19(9-11-20)15-5-3-2-4-14(15)17/h2-7,12H,8-11,17H2,1H3. The molecule has 0 amide bonds. The molecule has 0 unspecified atom stereocenters. The number of piperazine rings is 1. The van der Waals surface area contributed by atoms with Crippen molar-refractivity contribution < 1.29 is 4.74 Å². The van der Waals surface area contributed by atoms with Crippen LogP contribution in [0.25, 0.3) is 0 Å². The van der Waals surface area contributed by atoms with Crippen molar-refractivity contribution in [2.75, 3.05) is 48.8 Å². The Hall–Kier alpha value is -2.43. The molecule has 2 N–H and O–H groups in total. The molecular weight excluding hydrogens is 264 g/mol. The number of hydrogen-bond acceptors (Lipinski definition) is 5. The number of pyridine rings is 1. The van der Waals surface area contributed by atoms with Gasteiger partial charge in [0, 0.05) is 26.2 Å². The summed E-state index contributed by atoms with van der Waals surface area (Å²) in [5, 5.41) is 0. The van der Waals surface area contributed by atoms with Crippen LogP contribution in [0, 0.1) is 0 Å². The minimum atomic E-state index is 0.787. The van der Waals surface area contributed by atoms with E-state index >= 15 is 0 Å². The van der Waals surface area contributed by atoms with Crippen molar-refractivity contribution in [3.63, 3.8) is 0 Å². The predicted molar refractivity (Wildman–Crippen MR) is 86.1 cm³/mol. The maximum absolute atomic E-state index is 6.05. The van der Waals surface area contributed by atoms with Crippen molar-refractivity contribution in [1.82, 2.24) is 4.98 Å². The van der Waals surface area contributed by atoms with E-state index in [1.54, 1.807) is 13.3 Å². The summed E-state index contributed by atoms with van der Waals surface area (Å²) in [5.41, 5.74) is 8.01. The zero-order chi connectivity index (χ0) is 14.7. The number of methoxy groups -OCH3 is 1. The average molecular weight is 284 g/mol. The number of benzene rings is 1. The summed E-state index contributed by atoms with van der Waals surface area (Å²) in [7, 11) is 1.65. The topological polar surface area (TPSA) is 54.6 Å². The van der Waals surface area contributed by atoms with Gasteiger partial charge in [-0.2, -0.15) is 0 Å². The van der Waals surface area contributed by atoms with Crippen LogP contribution in [0.5, 0.6) is 5.75 Å². The molecular formula is C16H20N4O. The summed E-state index contributed by atoms with van der Waals surface area (Å²) in [6.45, 7) is 3.77. The van der Waals surface area contributed by atoms with Crippen LogP contribution in [0.2, 0.25) is 0 Å². The molecule has 5 heteroatoms. The molecule has 0 aliphatic carbocycles. The van der Waals surface area contributed by atoms with E-state index in [0.29, 0.717) is 0 Å². The Balaban J connectivity index is 1.66. The molecule has 1 fully saturated rings. The fourth-order valence-corrected chi connectivity index (χ4v) is 2.63. The third-order valence-corrected chi connectivity index (χ3v) is 3.84. The molecule has 2 aromatic rings. The van der Waals surface area contributed by atoms with Crippen molar-refractivity contribution in [3.05, 3.63) is 42.6 Å². The van der Waals surface area contributed by atoms with E-state index in [1.165, 1.54) is 0 Å². The first-order valence-corrected chi connectivity index (χ1v) is 7.12. The van der Waals surface area contributed by atoms with Crippen molar-refractivity contribution in [2.24, 2.45) is 0 Å². The Morgan fingerprint density at radius 2 is 1.71 bits per heavy atom. The predicted octanol–water partition coefficient (Wildman–Crippen LogP) is 2.00. The van der Waals surface area contributed by atoms with Gasteiger partial charge in [0.15, 0.2) is 0 Å². The molecule has 21 heavy (non-hydrogen) atoms. The lowest BCUT2D eigenvalue weighted by atomic mass is 10.2. The molecule has 3 rings (SSSR count). The van der Waals surface area contributed by atoms with Crippen LogP contribution < -0.4 is 20.3 Å². The van der Waals surface area contributed by atoms with E-state index in [9.17, 15) is 0 Å². The fourth-order valence-electron chi connectivity index (χ4n) is 2.63. The number of nitrogens with two attached hydrogens (primary N) is 1. The van der Waals surface area contributed by atoms with Gasteiger partial charge in [-0.05, 0) is 24.3 Å². The molecule has 0 atom stereocenters. The Morgan fingerprint density at radius 3 is 2.33 bits per heavy atom. The number of rotatable bonds is 3. The number of anilines is 3. The first-order chi connectivity index (χ1) is 10.3. The fraction of sp³-hybridized carbons (Fsp3) is 0.312. The minimum absolute atomic E-state index is 0.787. The molecule has 110 valence electrons. The van der Waals surface area contributed by atoms with Gasteiger partial charge < -0.3 is 20.3 Å². The minimum Gasteiger partial charge on any atom is -0.495 e. The number of nitrogen functional groups attached to an aromatic ring is 1. The summed E-state index contributed by atoms with van der Waals surface area (Å²) in [4.78, 5) is 9.06. The van der Waals surface area contributed by atoms with Gasteiger partial charge in [-0.25, -0.2) is 4.98 Å². The Labute approximate surface area is 125 Å². The van der Waals surface area contributed by atoms with Crippen molar-refractivity contribution in [2.45, 2.75) is 0 Å². The highest BCUT2D eigenvalue weighted by Crippen LogP contribution is 2.25. The molecule has 0 spiro atoms. The highest BCUT2D eigenvalue weighted by atomic mass is 16.5. The third kappa shape index (κ3) is 2.86. The maximum atomic E-state index is 6.05. The van der Waals surface area contributed by atoms with E-state index in [1.807, 2.05) is 30.3 Å². The molecule has 5 nitrogen and oxygen atoms in total. The summed E-state index contributed by atoms with van der Waals surface area (Å²) in [5.74, 6) is 1.78. The van der Waals surface area contributed by atoms with Crippen LogP contribution in [0.4, 0.5) is 17.2 Å². The molecule has 2 heterocycles. The maximum Gasteiger partial charge on any atom is 0.137 e. The summed E-state index contributed by atoms with van der Waals surface area (Å²) in [6.07, 6.45) is 1.76. The van der Waals surface area contributed by atoms with Gasteiger partial charge in [0.1, 0.15) is 11.6 Å². The monoisotopic (exact) mass is 284 g/mol. The lowest BCUT2D eigenvalue weighted by molar-refractivity contribution is 0.413. The first kappa shape index (κ1) is 13.5. The molecule has 0 radical (unpaired) electrons. The molecule has 1 saturated heterocycles. The summed E-state index contributed by atoms with van der Waals surface area (Å²) < 4.78 is 5.14. The quantitative estimate of drug-likeness (QED) is 0.874. The normalized spacial score (nSPS) is 15.1. The van der Waals surface area contributed by atoms with Crippen LogP contribution in [-0.2, 0) is 0 Å². The average Bonchev–Trinajstić information content (AvgIpc) is 2.56. The van der Waals surface area contributed by atoms with Crippen LogP contribution in [-0.4, -0.2) is 38.3 Å². The zero-order valence-electron chi connectivity index (χ0n) is 12.2. The second-order valence-electron chi connectivity index (χ2n) is 5.09. The van der Waals surface area contributed by atoms with Gasteiger partial charge in [0.25, 0.3) is 0 Å². The van der Waals surface area contributed by atoms with E-state index in [0.717, 1.165) is 49.1 Å². The van der Waals surface area contributed by atoms with Gasteiger partial charge >= 0.3 is 0 Å². The number of hydrogen-bond donors (Lipinski definition) is 1. The second kappa shape index (κ2) is 5.91. The van der Waals surface area contributed by atoms with Gasteiger partial charge in [-0.1, -0.05) is 12.1 Å². The molecule has 1 aromatic heterocycles. The van der Waals surface area contributed by atoms with Gasteiger partial charge in [-0.3, -0.25) is 0 Å². The highest BCUT2D eigenvalue weighted by Gasteiger charge is 2.19. The van der Waals surface area contributed by atoms with Crippen LogP contribution in [0.1, 0.15) is 0 Å². The second-order valence-corrected chi connectivity index (χ2v) is 5.09. The Bertz CT molecular complexity index is 591. The molecule has 0 bridgehead atoms. The number of aromatic nitrogens is 1. The van der Waals surface area contributed by atoms with Crippen molar-refractivity contribution in [1.29, 1.82) is 0 Å². The third-order valence-electron chi connectivity index (χ3n) is 3.84. The summed E-state index contributed by atoms with van der Waals surface area (Å²) >= 11 is 0. The number of ether oxygens (including phenoxy) is 1. The molecule has 0 saturated carbocycles. The van der Waals surface area contributed by atoms with E-state index in [2.05, 4.69) is 20.9 Å². The number of nitrogens with zero attached hydrogens (tertiary/aromatic N) is 3. The zero-order valence-corrected chi connectivity index (χ0v) is 12.2. The van der Waals surface area contributed by atoms with Crippen LogP contribution >= 0.6 is 0 Å². The van der Waals surface area contributed by atoms with Gasteiger partial charge in [0.05, 0.1) is 24.7 Å². The lowest BCUT2D eigenvalue weighted by Gasteiger charge is -2.37. The highest BCUT2D eigenvalue weighted by molar-refractivity contribution is 5.67. The molecule has 1 aliphatic heterocycles. The smallest absolute Gasteiger partial charge is 0.137 e. The van der Waals surface area contributed by atoms with Crippen molar-refractivity contribution >= 4 is 17.2 Å². The Kier molecular flexibility index (Phi) is 3.81. The van der Waals surface area contributed by atoms with Crippen LogP contribution in [0.15, 0.2) is 42.6 Å². The molecule has 1 aliphatic rings. The van der Waals surface area contributed by atoms with E-state index < -0.39 is 0 Å². The van der Waals surface area contributed by atoms with E-state index in [4.69, 9.17) is 10.5 Å². The van der Waals surface area contributed by atoms with E-state index in [-0.39, 0.29) is 0 Å². The largest absolute Gasteiger partial charge is 0.495 e. The van der Waals surface area contributed by atoms with Gasteiger partial charge in [-0.15, -0.1) is 0 Å². The molecule has 1 aromatic carbocycles.